The molecule has 1 amide bonds. The maximum Gasteiger partial charge on any atom is 0.314 e. The Labute approximate surface area is 182 Å². The molecule has 30 heavy (non-hydrogen) atoms. The van der Waals surface area contributed by atoms with Gasteiger partial charge in [0.05, 0.1) is 12.0 Å². The molecule has 1 fully saturated rings. The average Bonchev–Trinajstić information content (AvgIpc) is 2.73. The van der Waals surface area contributed by atoms with Gasteiger partial charge in [0.2, 0.25) is 0 Å². The van der Waals surface area contributed by atoms with Crippen LogP contribution >= 0.6 is 11.6 Å². The van der Waals surface area contributed by atoms with Gasteiger partial charge in [0.15, 0.2) is 5.78 Å². The minimum Gasteiger partial charge on any atom is -0.466 e. The highest BCUT2D eigenvalue weighted by atomic mass is 35.5. The molecule has 1 heterocycles. The molecule has 0 unspecified atom stereocenters. The van der Waals surface area contributed by atoms with Crippen molar-refractivity contribution in [2.45, 2.75) is 33.1 Å². The Morgan fingerprint density at radius 3 is 2.43 bits per heavy atom. The topological polar surface area (TPSA) is 63.7 Å². The molecule has 0 radical (unpaired) electrons. The second-order valence-electron chi connectivity index (χ2n) is 7.77. The fraction of sp³-hybridized carbons (Fsp3) is 0.375. The summed E-state index contributed by atoms with van der Waals surface area (Å²) in [6.07, 6.45) is 1.81. The monoisotopic (exact) mass is 427 g/mol. The first-order valence-electron chi connectivity index (χ1n) is 10.2. The Bertz CT molecular complexity index is 940. The number of carbonyl (C=O) groups is 3. The number of ether oxygens (including phenoxy) is 1. The van der Waals surface area contributed by atoms with E-state index in [-0.39, 0.29) is 30.8 Å². The van der Waals surface area contributed by atoms with E-state index >= 15 is 0 Å². The zero-order valence-corrected chi connectivity index (χ0v) is 18.1. The number of rotatable bonds is 6. The summed E-state index contributed by atoms with van der Waals surface area (Å²) in [5.74, 6) is -0.478. The molecule has 0 aliphatic carbocycles. The molecule has 1 atom stereocenters. The first-order chi connectivity index (χ1) is 14.3. The normalized spacial score (nSPS) is 18.7. The highest BCUT2D eigenvalue weighted by Crippen LogP contribution is 2.36. The number of likely N-dealkylation sites (tertiary alicyclic amines) is 1. The lowest BCUT2D eigenvalue weighted by molar-refractivity contribution is -0.158. The van der Waals surface area contributed by atoms with Gasteiger partial charge in [-0.15, -0.1) is 0 Å². The predicted octanol–water partition coefficient (Wildman–Crippen LogP) is 4.57. The van der Waals surface area contributed by atoms with Gasteiger partial charge in [-0.05, 0) is 62.9 Å². The molecule has 0 N–H and O–H groups in total. The lowest BCUT2D eigenvalue weighted by atomic mass is 9.75. The van der Waals surface area contributed by atoms with E-state index in [1.165, 1.54) is 6.92 Å². The van der Waals surface area contributed by atoms with E-state index in [9.17, 15) is 14.4 Å². The van der Waals surface area contributed by atoms with Crippen molar-refractivity contribution >= 4 is 29.3 Å². The van der Waals surface area contributed by atoms with E-state index in [1.54, 1.807) is 42.2 Å². The van der Waals surface area contributed by atoms with Crippen LogP contribution in [0, 0.1) is 5.41 Å². The Balaban J connectivity index is 1.86. The standard InChI is InChI=1S/C24H26ClNO4/c1-3-30-23(29)24(15-18-6-4-7-21(25)14-18)12-5-13-26(16-24)22(28)20-10-8-19(9-11-20)17(2)27/h4,6-11,14H,3,5,12-13,15-16H2,1-2H3/t24-/m0/s1. The van der Waals surface area contributed by atoms with Crippen LogP contribution < -0.4 is 0 Å². The average molecular weight is 428 g/mol. The van der Waals surface area contributed by atoms with Crippen LogP contribution in [-0.2, 0) is 16.0 Å². The molecule has 158 valence electrons. The zero-order chi connectivity index (χ0) is 21.7. The fourth-order valence-corrected chi connectivity index (χ4v) is 4.25. The summed E-state index contributed by atoms with van der Waals surface area (Å²) in [6.45, 7) is 4.42. The summed E-state index contributed by atoms with van der Waals surface area (Å²) in [7, 11) is 0. The third kappa shape index (κ3) is 4.90. The van der Waals surface area contributed by atoms with Crippen molar-refractivity contribution in [3.63, 3.8) is 0 Å². The molecule has 5 nitrogen and oxygen atoms in total. The van der Waals surface area contributed by atoms with E-state index in [0.29, 0.717) is 42.0 Å². The first kappa shape index (κ1) is 22.0. The third-order valence-electron chi connectivity index (χ3n) is 5.54. The van der Waals surface area contributed by atoms with Crippen molar-refractivity contribution in [1.82, 2.24) is 4.90 Å². The van der Waals surface area contributed by atoms with E-state index < -0.39 is 5.41 Å². The molecular weight excluding hydrogens is 402 g/mol. The van der Waals surface area contributed by atoms with Crippen LogP contribution in [0.25, 0.3) is 0 Å². The number of amides is 1. The van der Waals surface area contributed by atoms with Crippen LogP contribution in [0.3, 0.4) is 0 Å². The number of esters is 1. The van der Waals surface area contributed by atoms with E-state index in [1.807, 2.05) is 18.2 Å². The van der Waals surface area contributed by atoms with Gasteiger partial charge in [-0.3, -0.25) is 14.4 Å². The molecule has 1 saturated heterocycles. The molecule has 0 bridgehead atoms. The summed E-state index contributed by atoms with van der Waals surface area (Å²) in [5, 5.41) is 0.612. The van der Waals surface area contributed by atoms with Gasteiger partial charge in [0.1, 0.15) is 0 Å². The maximum absolute atomic E-state index is 13.1. The summed E-state index contributed by atoms with van der Waals surface area (Å²) < 4.78 is 5.42. The Kier molecular flexibility index (Phi) is 6.93. The second kappa shape index (κ2) is 9.43. The molecule has 3 rings (SSSR count). The van der Waals surface area contributed by atoms with Gasteiger partial charge in [-0.25, -0.2) is 0 Å². The van der Waals surface area contributed by atoms with Gasteiger partial charge in [-0.1, -0.05) is 35.9 Å². The number of piperidine rings is 1. The van der Waals surface area contributed by atoms with Crippen molar-refractivity contribution in [2.75, 3.05) is 19.7 Å². The number of nitrogens with zero attached hydrogens (tertiary/aromatic N) is 1. The third-order valence-corrected chi connectivity index (χ3v) is 5.78. The van der Waals surface area contributed by atoms with E-state index in [4.69, 9.17) is 16.3 Å². The van der Waals surface area contributed by atoms with Gasteiger partial charge >= 0.3 is 5.97 Å². The Morgan fingerprint density at radius 1 is 1.10 bits per heavy atom. The Hall–Kier alpha value is -2.66. The molecule has 6 heteroatoms. The van der Waals surface area contributed by atoms with Gasteiger partial charge in [0, 0.05) is 29.2 Å². The number of benzene rings is 2. The van der Waals surface area contributed by atoms with Gasteiger partial charge in [0.25, 0.3) is 5.91 Å². The molecule has 0 aromatic heterocycles. The summed E-state index contributed by atoms with van der Waals surface area (Å²) in [4.78, 5) is 39.3. The van der Waals surface area contributed by atoms with Crippen LogP contribution in [-0.4, -0.2) is 42.3 Å². The maximum atomic E-state index is 13.1. The SMILES string of the molecule is CCOC(=O)[C@]1(Cc2cccc(Cl)c2)CCCN(C(=O)c2ccc(C(C)=O)cc2)C1. The van der Waals surface area contributed by atoms with E-state index in [2.05, 4.69) is 0 Å². The summed E-state index contributed by atoms with van der Waals surface area (Å²) in [6, 6.07) is 14.1. The first-order valence-corrected chi connectivity index (χ1v) is 10.5. The van der Waals surface area contributed by atoms with Crippen molar-refractivity contribution in [3.8, 4) is 0 Å². The lowest BCUT2D eigenvalue weighted by Gasteiger charge is -2.41. The van der Waals surface area contributed by atoms with Crippen LogP contribution in [0.15, 0.2) is 48.5 Å². The highest BCUT2D eigenvalue weighted by molar-refractivity contribution is 6.30. The lowest BCUT2D eigenvalue weighted by Crippen LogP contribution is -2.51. The number of carbonyl (C=O) groups excluding carboxylic acids is 3. The van der Waals surface area contributed by atoms with Crippen molar-refractivity contribution in [3.05, 3.63) is 70.2 Å². The number of ketones is 1. The van der Waals surface area contributed by atoms with Gasteiger partial charge < -0.3 is 9.64 Å². The highest BCUT2D eigenvalue weighted by Gasteiger charge is 2.45. The predicted molar refractivity (Wildman–Crippen MR) is 116 cm³/mol. The van der Waals surface area contributed by atoms with Crippen LogP contribution in [0.4, 0.5) is 0 Å². The molecule has 0 spiro atoms. The smallest absolute Gasteiger partial charge is 0.314 e. The number of hydrogen-bond donors (Lipinski definition) is 0. The number of halogens is 1. The summed E-state index contributed by atoms with van der Waals surface area (Å²) >= 11 is 6.14. The molecular formula is C24H26ClNO4. The largest absolute Gasteiger partial charge is 0.466 e. The quantitative estimate of drug-likeness (QED) is 0.500. The fourth-order valence-electron chi connectivity index (χ4n) is 4.04. The summed E-state index contributed by atoms with van der Waals surface area (Å²) in [5.41, 5.74) is 1.19. The van der Waals surface area contributed by atoms with Crippen molar-refractivity contribution < 1.29 is 19.1 Å². The minimum atomic E-state index is -0.812. The molecule has 2 aromatic rings. The number of hydrogen-bond acceptors (Lipinski definition) is 4. The number of Topliss-reactive ketones (excluding diaryl/α,β-unsaturated/α-hetero) is 1. The minimum absolute atomic E-state index is 0.0465. The van der Waals surface area contributed by atoms with Gasteiger partial charge in [-0.2, -0.15) is 0 Å². The molecule has 0 saturated carbocycles. The molecule has 2 aromatic carbocycles. The van der Waals surface area contributed by atoms with Crippen LogP contribution in [0.2, 0.25) is 5.02 Å². The molecule has 1 aliphatic heterocycles. The Morgan fingerprint density at radius 2 is 1.80 bits per heavy atom. The van der Waals surface area contributed by atoms with Crippen LogP contribution in [0.1, 0.15) is 53.0 Å². The van der Waals surface area contributed by atoms with E-state index in [0.717, 1.165) is 5.56 Å². The van der Waals surface area contributed by atoms with Crippen molar-refractivity contribution in [2.24, 2.45) is 5.41 Å². The van der Waals surface area contributed by atoms with Crippen molar-refractivity contribution in [1.29, 1.82) is 0 Å². The van der Waals surface area contributed by atoms with Crippen LogP contribution in [0.5, 0.6) is 0 Å². The zero-order valence-electron chi connectivity index (χ0n) is 17.3. The molecule has 1 aliphatic rings. The second-order valence-corrected chi connectivity index (χ2v) is 8.21.